The van der Waals surface area contributed by atoms with Crippen LogP contribution in [0.2, 0.25) is 0 Å². The summed E-state index contributed by atoms with van der Waals surface area (Å²) in [6.07, 6.45) is -0.162. The largest absolute Gasteiger partial charge is 0.480 e. The van der Waals surface area contributed by atoms with Crippen LogP contribution in [0.4, 0.5) is 4.79 Å². The molecular weight excluding hydrogens is 408 g/mol. The van der Waals surface area contributed by atoms with Crippen LogP contribution in [0.1, 0.15) is 44.2 Å². The Bertz CT molecular complexity index is 942. The maximum Gasteiger partial charge on any atom is 0.407 e. The third-order valence-electron chi connectivity index (χ3n) is 5.87. The first kappa shape index (κ1) is 23.3. The molecule has 1 aliphatic rings. The van der Waals surface area contributed by atoms with E-state index in [2.05, 4.69) is 34.9 Å². The molecule has 0 bridgehead atoms. The first-order valence-corrected chi connectivity index (χ1v) is 10.9. The number of carbonyl (C=O) groups is 3. The number of hydrogen-bond donors (Lipinski definition) is 3. The number of carboxylic acids is 1. The topological polar surface area (TPSA) is 105 Å². The number of carboxylic acid groups (broad SMARTS) is 1. The van der Waals surface area contributed by atoms with E-state index in [4.69, 9.17) is 4.74 Å². The normalized spacial score (nSPS) is 14.2. The summed E-state index contributed by atoms with van der Waals surface area (Å²) < 4.78 is 5.48. The molecule has 32 heavy (non-hydrogen) atoms. The third kappa shape index (κ3) is 5.28. The maximum absolute atomic E-state index is 12.3. The highest BCUT2D eigenvalue weighted by Gasteiger charge is 2.29. The van der Waals surface area contributed by atoms with Gasteiger partial charge in [0.15, 0.2) is 0 Å². The second-order valence-corrected chi connectivity index (χ2v) is 8.51. The molecule has 3 rings (SSSR count). The quantitative estimate of drug-likeness (QED) is 0.553. The summed E-state index contributed by atoms with van der Waals surface area (Å²) in [6.45, 7) is 5.66. The van der Waals surface area contributed by atoms with Gasteiger partial charge in [0.25, 0.3) is 0 Å². The minimum atomic E-state index is -1.06. The molecule has 1 aliphatic carbocycles. The summed E-state index contributed by atoms with van der Waals surface area (Å²) in [5, 5.41) is 14.4. The van der Waals surface area contributed by atoms with Gasteiger partial charge in [-0.15, -0.1) is 0 Å². The summed E-state index contributed by atoms with van der Waals surface area (Å²) in [5.74, 6) is -2.08. The van der Waals surface area contributed by atoms with Crippen molar-refractivity contribution < 1.29 is 24.2 Å². The van der Waals surface area contributed by atoms with Crippen LogP contribution < -0.4 is 10.6 Å². The fourth-order valence-corrected chi connectivity index (χ4v) is 3.98. The number of fused-ring (bicyclic) bond motifs is 3. The van der Waals surface area contributed by atoms with Crippen LogP contribution in [-0.2, 0) is 14.3 Å². The van der Waals surface area contributed by atoms with Gasteiger partial charge in [-0.1, -0.05) is 69.3 Å². The molecule has 0 spiro atoms. The van der Waals surface area contributed by atoms with Gasteiger partial charge in [0.05, 0.1) is 0 Å². The Balaban J connectivity index is 1.47. The summed E-state index contributed by atoms with van der Waals surface area (Å²) in [5.41, 5.74) is 4.62. The Morgan fingerprint density at radius 3 is 2.06 bits per heavy atom. The summed E-state index contributed by atoms with van der Waals surface area (Å²) >= 11 is 0. The fraction of sp³-hybridized carbons (Fsp3) is 0.400. The first-order valence-electron chi connectivity index (χ1n) is 10.9. The molecule has 2 atom stereocenters. The van der Waals surface area contributed by atoms with E-state index < -0.39 is 24.0 Å². The van der Waals surface area contributed by atoms with Gasteiger partial charge in [-0.3, -0.25) is 4.79 Å². The van der Waals surface area contributed by atoms with Crippen LogP contribution in [0.3, 0.4) is 0 Å². The molecule has 0 saturated carbocycles. The Hall–Kier alpha value is -3.35. The van der Waals surface area contributed by atoms with Crippen molar-refractivity contribution in [2.24, 2.45) is 11.8 Å². The highest BCUT2D eigenvalue weighted by molar-refractivity contribution is 5.85. The van der Waals surface area contributed by atoms with E-state index in [9.17, 15) is 19.5 Å². The van der Waals surface area contributed by atoms with Crippen molar-refractivity contribution in [2.45, 2.75) is 39.2 Å². The van der Waals surface area contributed by atoms with Crippen molar-refractivity contribution in [3.63, 3.8) is 0 Å². The number of ether oxygens (including phenoxy) is 1. The number of hydrogen-bond acceptors (Lipinski definition) is 4. The highest BCUT2D eigenvalue weighted by atomic mass is 16.5. The number of rotatable bonds is 9. The van der Waals surface area contributed by atoms with Crippen molar-refractivity contribution >= 4 is 18.0 Å². The molecule has 0 saturated heterocycles. The Morgan fingerprint density at radius 1 is 0.969 bits per heavy atom. The Morgan fingerprint density at radius 2 is 1.53 bits per heavy atom. The van der Waals surface area contributed by atoms with Gasteiger partial charge in [0, 0.05) is 18.4 Å². The van der Waals surface area contributed by atoms with E-state index >= 15 is 0 Å². The first-order chi connectivity index (χ1) is 15.3. The molecule has 0 aromatic heterocycles. The van der Waals surface area contributed by atoms with Crippen LogP contribution in [0.25, 0.3) is 11.1 Å². The van der Waals surface area contributed by atoms with Crippen LogP contribution in [0.5, 0.6) is 0 Å². The van der Waals surface area contributed by atoms with E-state index in [0.29, 0.717) is 6.42 Å². The monoisotopic (exact) mass is 438 g/mol. The molecule has 0 fully saturated rings. The van der Waals surface area contributed by atoms with Crippen molar-refractivity contribution in [3.8, 4) is 11.1 Å². The number of carbonyl (C=O) groups excluding carboxylic acids is 2. The minimum Gasteiger partial charge on any atom is -0.480 e. The predicted octanol–water partition coefficient (Wildman–Crippen LogP) is 3.78. The summed E-state index contributed by atoms with van der Waals surface area (Å²) in [4.78, 5) is 35.7. The average molecular weight is 439 g/mol. The van der Waals surface area contributed by atoms with E-state index in [1.54, 1.807) is 20.8 Å². The van der Waals surface area contributed by atoms with Crippen LogP contribution in [0.15, 0.2) is 48.5 Å². The van der Waals surface area contributed by atoms with Gasteiger partial charge in [-0.05, 0) is 34.6 Å². The summed E-state index contributed by atoms with van der Waals surface area (Å²) in [7, 11) is 0. The molecule has 3 N–H and O–H groups in total. The van der Waals surface area contributed by atoms with Gasteiger partial charge in [0.1, 0.15) is 12.6 Å². The molecule has 0 heterocycles. The lowest BCUT2D eigenvalue weighted by molar-refractivity contribution is -0.143. The number of amides is 2. The van der Waals surface area contributed by atoms with Crippen LogP contribution in [-0.4, -0.2) is 42.3 Å². The molecule has 0 aliphatic heterocycles. The molecule has 2 amide bonds. The van der Waals surface area contributed by atoms with Crippen molar-refractivity contribution in [1.29, 1.82) is 0 Å². The van der Waals surface area contributed by atoms with E-state index in [1.165, 1.54) is 0 Å². The molecule has 2 aromatic rings. The second kappa shape index (κ2) is 10.3. The zero-order chi connectivity index (χ0) is 23.3. The number of aliphatic carboxylic acids is 1. The van der Waals surface area contributed by atoms with Gasteiger partial charge < -0.3 is 20.5 Å². The number of nitrogens with one attached hydrogen (secondary N) is 2. The zero-order valence-electron chi connectivity index (χ0n) is 18.6. The SMILES string of the molecule is CC(CCNC(=O)OCC1c2ccccc2-c2ccccc21)C(=O)N[C@H](C(=O)O)C(C)C. The lowest BCUT2D eigenvalue weighted by Crippen LogP contribution is -2.46. The van der Waals surface area contributed by atoms with Crippen LogP contribution >= 0.6 is 0 Å². The van der Waals surface area contributed by atoms with Crippen molar-refractivity contribution in [1.82, 2.24) is 10.6 Å². The molecular formula is C25H30N2O5. The predicted molar refractivity (Wildman–Crippen MR) is 121 cm³/mol. The van der Waals surface area contributed by atoms with Gasteiger partial charge >= 0.3 is 12.1 Å². The van der Waals surface area contributed by atoms with Crippen LogP contribution in [0, 0.1) is 11.8 Å². The van der Waals surface area contributed by atoms with E-state index in [1.807, 2.05) is 24.3 Å². The second-order valence-electron chi connectivity index (χ2n) is 8.51. The molecule has 7 nitrogen and oxygen atoms in total. The van der Waals surface area contributed by atoms with Crippen molar-refractivity contribution in [3.05, 3.63) is 59.7 Å². The molecule has 170 valence electrons. The third-order valence-corrected chi connectivity index (χ3v) is 5.87. The maximum atomic E-state index is 12.3. The molecule has 2 aromatic carbocycles. The highest BCUT2D eigenvalue weighted by Crippen LogP contribution is 2.44. The van der Waals surface area contributed by atoms with Gasteiger partial charge in [-0.25, -0.2) is 9.59 Å². The molecule has 0 radical (unpaired) electrons. The minimum absolute atomic E-state index is 0.0122. The van der Waals surface area contributed by atoms with E-state index in [-0.39, 0.29) is 30.9 Å². The zero-order valence-corrected chi connectivity index (χ0v) is 18.6. The molecule has 1 unspecified atom stereocenters. The fourth-order valence-electron chi connectivity index (χ4n) is 3.98. The average Bonchev–Trinajstić information content (AvgIpc) is 3.09. The van der Waals surface area contributed by atoms with Gasteiger partial charge in [0.2, 0.25) is 5.91 Å². The lowest BCUT2D eigenvalue weighted by Gasteiger charge is -2.20. The lowest BCUT2D eigenvalue weighted by atomic mass is 9.98. The number of alkyl carbamates (subject to hydrolysis) is 1. The standard InChI is InChI=1S/C25H30N2O5/c1-15(2)22(24(29)30)27-23(28)16(3)12-13-26-25(31)32-14-21-19-10-6-4-8-17(19)18-9-5-7-11-20(18)21/h4-11,15-16,21-22H,12-14H2,1-3H3,(H,26,31)(H,27,28)(H,29,30)/t16?,22-/m0/s1. The Labute approximate surface area is 188 Å². The Kier molecular flexibility index (Phi) is 7.51. The van der Waals surface area contributed by atoms with E-state index in [0.717, 1.165) is 22.3 Å². The van der Waals surface area contributed by atoms with Gasteiger partial charge in [-0.2, -0.15) is 0 Å². The smallest absolute Gasteiger partial charge is 0.407 e. The summed E-state index contributed by atoms with van der Waals surface area (Å²) in [6, 6.07) is 15.3. The molecule has 7 heteroatoms. The number of benzene rings is 2. The van der Waals surface area contributed by atoms with Crippen molar-refractivity contribution in [2.75, 3.05) is 13.2 Å².